The van der Waals surface area contributed by atoms with Crippen molar-refractivity contribution in [2.24, 2.45) is 0 Å². The monoisotopic (exact) mass is 196 g/mol. The zero-order valence-corrected chi connectivity index (χ0v) is 7.21. The van der Waals surface area contributed by atoms with Crippen LogP contribution in [0.25, 0.3) is 0 Å². The topological polar surface area (TPSA) is 63.6 Å². The van der Waals surface area contributed by atoms with Crippen LogP contribution in [0.1, 0.15) is 5.56 Å². The van der Waals surface area contributed by atoms with Crippen LogP contribution in [0.4, 0.5) is 0 Å². The normalized spacial score (nSPS) is 10.3. The van der Waals surface area contributed by atoms with Gasteiger partial charge in [0.2, 0.25) is 0 Å². The second-order valence-corrected chi connectivity index (χ2v) is 3.30. The van der Waals surface area contributed by atoms with Crippen molar-refractivity contribution in [3.63, 3.8) is 0 Å². The van der Waals surface area contributed by atoms with Crippen molar-refractivity contribution >= 4 is 29.3 Å². The first kappa shape index (κ1) is 12.5. The second kappa shape index (κ2) is 4.68. The van der Waals surface area contributed by atoms with Crippen LogP contribution in [0.3, 0.4) is 0 Å². The zero-order chi connectivity index (χ0) is 9.19. The molecule has 0 aliphatic heterocycles. The molecule has 0 atom stereocenters. The molecule has 13 heavy (non-hydrogen) atoms. The molecule has 0 amide bonds. The molecule has 0 saturated carbocycles. The van der Waals surface area contributed by atoms with Crippen LogP contribution >= 0.6 is 0 Å². The van der Waals surface area contributed by atoms with Crippen molar-refractivity contribution in [2.75, 3.05) is 0 Å². The molecule has 0 heterocycles. The summed E-state index contributed by atoms with van der Waals surface area (Å²) >= 11 is 0. The zero-order valence-electron chi connectivity index (χ0n) is 6.39. The molecule has 0 fully saturated rings. The number of para-hydroxylation sites is 1. The van der Waals surface area contributed by atoms with Crippen molar-refractivity contribution in [2.45, 2.75) is 6.92 Å². The van der Waals surface area contributed by atoms with Crippen molar-refractivity contribution in [3.05, 3.63) is 29.8 Å². The van der Waals surface area contributed by atoms with E-state index in [0.29, 0.717) is 5.56 Å². The minimum atomic E-state index is -4.40. The Morgan fingerprint density at radius 1 is 1.31 bits per heavy atom. The van der Waals surface area contributed by atoms with E-state index in [9.17, 15) is 8.42 Å². The van der Waals surface area contributed by atoms with E-state index in [-0.39, 0.29) is 24.6 Å². The van der Waals surface area contributed by atoms with Gasteiger partial charge < -0.3 is 4.18 Å². The average molecular weight is 196 g/mol. The van der Waals surface area contributed by atoms with Crippen LogP contribution in [0.15, 0.2) is 24.3 Å². The summed E-state index contributed by atoms with van der Waals surface area (Å²) in [5, 5.41) is 0. The Kier molecular flexibility index (Phi) is 4.51. The van der Waals surface area contributed by atoms with Gasteiger partial charge >= 0.3 is 29.3 Å². The van der Waals surface area contributed by atoms with E-state index in [1.54, 1.807) is 25.1 Å². The summed E-state index contributed by atoms with van der Waals surface area (Å²) < 4.78 is 33.2. The van der Waals surface area contributed by atoms with Gasteiger partial charge in [-0.05, 0) is 18.6 Å². The Bertz CT molecular complexity index is 374. The third-order valence-corrected chi connectivity index (χ3v) is 1.68. The van der Waals surface area contributed by atoms with Crippen molar-refractivity contribution in [1.82, 2.24) is 0 Å². The summed E-state index contributed by atoms with van der Waals surface area (Å²) in [6, 6.07) is 6.50. The fourth-order valence-electron chi connectivity index (χ4n) is 0.763. The number of aryl methyl sites for hydroxylation is 1. The van der Waals surface area contributed by atoms with Gasteiger partial charge in [0.1, 0.15) is 5.75 Å². The van der Waals surface area contributed by atoms with Crippen LogP contribution in [0.2, 0.25) is 0 Å². The van der Waals surface area contributed by atoms with Gasteiger partial charge in [-0.2, -0.15) is 8.42 Å². The molecular formula is C7H9LiO4S. The van der Waals surface area contributed by atoms with Gasteiger partial charge in [0, 0.05) is 0 Å². The predicted molar refractivity (Wildman–Crippen MR) is 50.5 cm³/mol. The quantitative estimate of drug-likeness (QED) is 0.553. The van der Waals surface area contributed by atoms with Crippen LogP contribution < -0.4 is 4.18 Å². The third kappa shape index (κ3) is 4.34. The number of hydrogen-bond acceptors (Lipinski definition) is 3. The average Bonchev–Trinajstić information content (AvgIpc) is 1.91. The van der Waals surface area contributed by atoms with Gasteiger partial charge in [0.15, 0.2) is 0 Å². The Morgan fingerprint density at radius 2 is 1.85 bits per heavy atom. The van der Waals surface area contributed by atoms with Gasteiger partial charge in [0.25, 0.3) is 0 Å². The number of benzene rings is 1. The first-order chi connectivity index (χ1) is 5.49. The molecule has 1 aromatic rings. The van der Waals surface area contributed by atoms with Gasteiger partial charge in [0.05, 0.1) is 0 Å². The van der Waals surface area contributed by atoms with Gasteiger partial charge in [-0.1, -0.05) is 18.2 Å². The molecule has 0 aromatic heterocycles. The van der Waals surface area contributed by atoms with Crippen LogP contribution in [0, 0.1) is 6.92 Å². The Morgan fingerprint density at radius 3 is 2.31 bits per heavy atom. The van der Waals surface area contributed by atoms with Gasteiger partial charge in [-0.3, -0.25) is 4.55 Å². The van der Waals surface area contributed by atoms with Crippen LogP contribution in [-0.4, -0.2) is 31.8 Å². The molecule has 1 N–H and O–H groups in total. The number of rotatable bonds is 2. The van der Waals surface area contributed by atoms with E-state index in [1.165, 1.54) is 6.07 Å². The molecule has 0 bridgehead atoms. The molecule has 68 valence electrons. The van der Waals surface area contributed by atoms with Crippen molar-refractivity contribution in [3.8, 4) is 5.75 Å². The Hall–Kier alpha value is -0.473. The minimum absolute atomic E-state index is 0. The third-order valence-electron chi connectivity index (χ3n) is 1.29. The van der Waals surface area contributed by atoms with Gasteiger partial charge in [-0.25, -0.2) is 0 Å². The summed E-state index contributed by atoms with van der Waals surface area (Å²) in [4.78, 5) is 0. The van der Waals surface area contributed by atoms with Crippen molar-refractivity contribution < 1.29 is 17.2 Å². The van der Waals surface area contributed by atoms with E-state index in [0.717, 1.165) is 0 Å². The molecule has 0 radical (unpaired) electrons. The van der Waals surface area contributed by atoms with E-state index in [2.05, 4.69) is 4.18 Å². The summed E-state index contributed by atoms with van der Waals surface area (Å²) in [7, 11) is -4.40. The molecule has 0 aliphatic rings. The van der Waals surface area contributed by atoms with E-state index in [1.807, 2.05) is 0 Å². The predicted octanol–water partition coefficient (Wildman–Crippen LogP) is 0.528. The molecule has 0 saturated heterocycles. The number of hydrogen-bond donors (Lipinski definition) is 1. The first-order valence-corrected chi connectivity index (χ1v) is 4.58. The summed E-state index contributed by atoms with van der Waals surface area (Å²) in [5.41, 5.74) is 0.648. The van der Waals surface area contributed by atoms with E-state index in [4.69, 9.17) is 4.55 Å². The molecule has 4 nitrogen and oxygen atoms in total. The Labute approximate surface area is 89.0 Å². The van der Waals surface area contributed by atoms with Crippen LogP contribution in [0.5, 0.6) is 5.75 Å². The van der Waals surface area contributed by atoms with E-state index < -0.39 is 10.4 Å². The second-order valence-electron chi connectivity index (χ2n) is 2.28. The molecule has 0 unspecified atom stereocenters. The maximum absolute atomic E-state index is 10.3. The molecule has 6 heteroatoms. The molecule has 1 rings (SSSR count). The molecular weight excluding hydrogens is 187 g/mol. The van der Waals surface area contributed by atoms with Gasteiger partial charge in [-0.15, -0.1) is 0 Å². The molecule has 1 aromatic carbocycles. The fraction of sp³-hybridized carbons (Fsp3) is 0.143. The first-order valence-electron chi connectivity index (χ1n) is 3.21. The summed E-state index contributed by atoms with van der Waals surface area (Å²) in [6.45, 7) is 1.68. The molecule has 0 spiro atoms. The molecule has 0 aliphatic carbocycles. The summed E-state index contributed by atoms with van der Waals surface area (Å²) in [5.74, 6) is 0.139. The summed E-state index contributed by atoms with van der Waals surface area (Å²) in [6.07, 6.45) is 0. The van der Waals surface area contributed by atoms with Crippen LogP contribution in [-0.2, 0) is 10.4 Å². The standard InChI is InChI=1S/C7H8O4S.Li.H/c1-6-4-2-3-5-7(6)11-12(8,9)10;;/h2-5H,1H3,(H,8,9,10);;. The van der Waals surface area contributed by atoms with E-state index >= 15 is 0 Å². The SMILES string of the molecule is Cc1ccccc1OS(=O)(=O)O.[LiH]. The fourth-order valence-corrected chi connectivity index (χ4v) is 1.18. The Balaban J connectivity index is 0.00000144. The van der Waals surface area contributed by atoms with Crippen molar-refractivity contribution in [1.29, 1.82) is 0 Å². The maximum atomic E-state index is 10.3.